The largest absolute Gasteiger partial charge is 0.314 e. The molecule has 3 heterocycles. The van der Waals surface area contributed by atoms with Gasteiger partial charge in [-0.1, -0.05) is 0 Å². The number of carbonyl (C=O) groups is 2. The fourth-order valence-electron chi connectivity index (χ4n) is 2.86. The summed E-state index contributed by atoms with van der Waals surface area (Å²) in [5, 5.41) is 5.70. The fraction of sp³-hybridized carbons (Fsp3) is 0.818. The van der Waals surface area contributed by atoms with E-state index in [0.29, 0.717) is 12.5 Å². The molecule has 0 aromatic rings. The number of carbonyl (C=O) groups excluding carboxylic acids is 2. The number of amides is 2. The predicted molar refractivity (Wildman–Crippen MR) is 61.4 cm³/mol. The van der Waals surface area contributed by atoms with Gasteiger partial charge >= 0.3 is 0 Å². The summed E-state index contributed by atoms with van der Waals surface area (Å²) in [5.74, 6) is -0.251. The molecule has 0 saturated carbocycles. The lowest BCUT2D eigenvalue weighted by Crippen LogP contribution is -2.65. The zero-order chi connectivity index (χ0) is 11.8. The van der Waals surface area contributed by atoms with E-state index in [0.717, 1.165) is 39.3 Å². The van der Waals surface area contributed by atoms with Crippen LogP contribution in [0.5, 0.6) is 0 Å². The molecular weight excluding hydrogens is 220 g/mol. The minimum atomic E-state index is -0.207. The number of piperazine rings is 1. The van der Waals surface area contributed by atoms with Crippen LogP contribution in [0.3, 0.4) is 0 Å². The van der Waals surface area contributed by atoms with E-state index < -0.39 is 0 Å². The van der Waals surface area contributed by atoms with E-state index >= 15 is 0 Å². The van der Waals surface area contributed by atoms with Crippen LogP contribution in [0, 0.1) is 0 Å². The SMILES string of the molecule is O=C1CC(N2CC(N3CCNCC3)C2)C(=O)N1. The number of rotatable bonds is 2. The quantitative estimate of drug-likeness (QED) is 0.544. The van der Waals surface area contributed by atoms with Gasteiger partial charge in [0, 0.05) is 45.3 Å². The lowest BCUT2D eigenvalue weighted by Gasteiger charge is -2.48. The highest BCUT2D eigenvalue weighted by atomic mass is 16.2. The number of hydrogen-bond acceptors (Lipinski definition) is 5. The minimum Gasteiger partial charge on any atom is -0.314 e. The Kier molecular flexibility index (Phi) is 2.85. The summed E-state index contributed by atoms with van der Waals surface area (Å²) in [6.07, 6.45) is 0.340. The van der Waals surface area contributed by atoms with E-state index in [2.05, 4.69) is 20.4 Å². The van der Waals surface area contributed by atoms with Gasteiger partial charge in [-0.05, 0) is 0 Å². The Morgan fingerprint density at radius 3 is 2.35 bits per heavy atom. The molecule has 3 fully saturated rings. The van der Waals surface area contributed by atoms with Crippen LogP contribution in [0.25, 0.3) is 0 Å². The van der Waals surface area contributed by atoms with Gasteiger partial charge in [-0.25, -0.2) is 0 Å². The third-order valence-corrected chi connectivity index (χ3v) is 3.94. The van der Waals surface area contributed by atoms with Gasteiger partial charge in [-0.3, -0.25) is 24.7 Å². The fourth-order valence-corrected chi connectivity index (χ4v) is 2.86. The van der Waals surface area contributed by atoms with Crippen LogP contribution in [0.4, 0.5) is 0 Å². The van der Waals surface area contributed by atoms with Crippen LogP contribution in [0.2, 0.25) is 0 Å². The highest BCUT2D eigenvalue weighted by molar-refractivity contribution is 6.05. The van der Waals surface area contributed by atoms with E-state index in [4.69, 9.17) is 0 Å². The van der Waals surface area contributed by atoms with E-state index in [1.54, 1.807) is 0 Å². The van der Waals surface area contributed by atoms with Crippen molar-refractivity contribution in [2.75, 3.05) is 39.3 Å². The topological polar surface area (TPSA) is 64.7 Å². The summed E-state index contributed by atoms with van der Waals surface area (Å²) in [6.45, 7) is 6.14. The van der Waals surface area contributed by atoms with E-state index in [-0.39, 0.29) is 17.9 Å². The molecule has 3 aliphatic heterocycles. The highest BCUT2D eigenvalue weighted by Gasteiger charge is 2.42. The molecule has 1 unspecified atom stereocenters. The van der Waals surface area contributed by atoms with Gasteiger partial charge in [0.25, 0.3) is 0 Å². The zero-order valence-corrected chi connectivity index (χ0v) is 9.82. The van der Waals surface area contributed by atoms with Gasteiger partial charge in [0.2, 0.25) is 11.8 Å². The summed E-state index contributed by atoms with van der Waals surface area (Å²) in [6, 6.07) is 0.363. The van der Waals surface area contributed by atoms with Crippen molar-refractivity contribution in [2.45, 2.75) is 18.5 Å². The van der Waals surface area contributed by atoms with Crippen molar-refractivity contribution in [3.8, 4) is 0 Å². The van der Waals surface area contributed by atoms with Crippen LogP contribution in [-0.2, 0) is 9.59 Å². The lowest BCUT2D eigenvalue weighted by molar-refractivity contribution is -0.128. The van der Waals surface area contributed by atoms with Crippen molar-refractivity contribution in [2.24, 2.45) is 0 Å². The summed E-state index contributed by atoms with van der Waals surface area (Å²) >= 11 is 0. The minimum absolute atomic E-state index is 0.117. The smallest absolute Gasteiger partial charge is 0.244 e. The molecule has 6 nitrogen and oxygen atoms in total. The normalized spacial score (nSPS) is 32.6. The van der Waals surface area contributed by atoms with Crippen LogP contribution in [0.15, 0.2) is 0 Å². The second kappa shape index (κ2) is 4.36. The third-order valence-electron chi connectivity index (χ3n) is 3.94. The Morgan fingerprint density at radius 2 is 1.76 bits per heavy atom. The molecule has 0 spiro atoms. The van der Waals surface area contributed by atoms with Crippen molar-refractivity contribution >= 4 is 11.8 Å². The maximum absolute atomic E-state index is 11.5. The first-order valence-corrected chi connectivity index (χ1v) is 6.26. The van der Waals surface area contributed by atoms with E-state index in [9.17, 15) is 9.59 Å². The van der Waals surface area contributed by atoms with Gasteiger partial charge < -0.3 is 5.32 Å². The number of nitrogens with zero attached hydrogens (tertiary/aromatic N) is 2. The number of imide groups is 1. The second-order valence-corrected chi connectivity index (χ2v) is 5.03. The van der Waals surface area contributed by atoms with Gasteiger partial charge in [-0.2, -0.15) is 0 Å². The summed E-state index contributed by atoms with van der Waals surface area (Å²) in [5.41, 5.74) is 0. The standard InChI is InChI=1S/C11H18N4O2/c16-10-5-9(11(17)13-10)15-6-8(7-15)14-3-1-12-2-4-14/h8-9,12H,1-7H2,(H,13,16,17). The molecule has 0 aliphatic carbocycles. The van der Waals surface area contributed by atoms with Crippen LogP contribution < -0.4 is 10.6 Å². The Balaban J connectivity index is 1.50. The molecule has 1 atom stereocenters. The van der Waals surface area contributed by atoms with Crippen molar-refractivity contribution < 1.29 is 9.59 Å². The maximum atomic E-state index is 11.5. The van der Waals surface area contributed by atoms with E-state index in [1.165, 1.54) is 0 Å². The number of likely N-dealkylation sites (tertiary alicyclic amines) is 1. The monoisotopic (exact) mass is 238 g/mol. The van der Waals surface area contributed by atoms with Crippen molar-refractivity contribution in [1.29, 1.82) is 0 Å². The van der Waals surface area contributed by atoms with Crippen LogP contribution in [0.1, 0.15) is 6.42 Å². The summed E-state index contributed by atoms with van der Waals surface area (Å²) in [4.78, 5) is 27.2. The van der Waals surface area contributed by atoms with Crippen molar-refractivity contribution in [3.63, 3.8) is 0 Å². The predicted octanol–water partition coefficient (Wildman–Crippen LogP) is -2.01. The van der Waals surface area contributed by atoms with Crippen LogP contribution in [-0.4, -0.2) is 73.0 Å². The average molecular weight is 238 g/mol. The van der Waals surface area contributed by atoms with Gasteiger partial charge in [0.1, 0.15) is 0 Å². The first-order chi connectivity index (χ1) is 8.24. The molecule has 0 aromatic heterocycles. The molecular formula is C11H18N4O2. The Labute approximate surface area is 100 Å². The maximum Gasteiger partial charge on any atom is 0.244 e. The third kappa shape index (κ3) is 2.08. The van der Waals surface area contributed by atoms with Crippen LogP contribution >= 0.6 is 0 Å². The summed E-state index contributed by atoms with van der Waals surface area (Å²) in [7, 11) is 0. The number of nitrogens with one attached hydrogen (secondary N) is 2. The Morgan fingerprint density at radius 1 is 1.06 bits per heavy atom. The molecule has 2 N–H and O–H groups in total. The van der Waals surface area contributed by atoms with Gasteiger partial charge in [0.15, 0.2) is 0 Å². The van der Waals surface area contributed by atoms with Crippen molar-refractivity contribution in [3.05, 3.63) is 0 Å². The average Bonchev–Trinajstić information content (AvgIpc) is 2.58. The first kappa shape index (κ1) is 11.1. The lowest BCUT2D eigenvalue weighted by atomic mass is 10.0. The van der Waals surface area contributed by atoms with Gasteiger partial charge in [-0.15, -0.1) is 0 Å². The van der Waals surface area contributed by atoms with Gasteiger partial charge in [0.05, 0.1) is 12.5 Å². The Bertz CT molecular complexity index is 334. The zero-order valence-electron chi connectivity index (χ0n) is 9.82. The molecule has 3 rings (SSSR count). The molecule has 2 amide bonds. The summed E-state index contributed by atoms with van der Waals surface area (Å²) < 4.78 is 0. The molecule has 17 heavy (non-hydrogen) atoms. The molecule has 0 radical (unpaired) electrons. The first-order valence-electron chi connectivity index (χ1n) is 6.26. The molecule has 94 valence electrons. The van der Waals surface area contributed by atoms with E-state index in [1.807, 2.05) is 0 Å². The Hall–Kier alpha value is -0.980. The molecule has 3 saturated heterocycles. The second-order valence-electron chi connectivity index (χ2n) is 5.03. The molecule has 0 aromatic carbocycles. The molecule has 3 aliphatic rings. The highest BCUT2D eigenvalue weighted by Crippen LogP contribution is 2.22. The van der Waals surface area contributed by atoms with Crippen molar-refractivity contribution in [1.82, 2.24) is 20.4 Å². The molecule has 0 bridgehead atoms. The number of hydrogen-bond donors (Lipinski definition) is 2. The molecule has 6 heteroatoms.